The van der Waals surface area contributed by atoms with E-state index in [1.54, 1.807) is 0 Å². The van der Waals surface area contributed by atoms with Crippen molar-refractivity contribution in [1.29, 1.82) is 0 Å². The Labute approximate surface area is 464 Å². The van der Waals surface area contributed by atoms with Crippen LogP contribution in [0.25, 0.3) is 0 Å². The van der Waals surface area contributed by atoms with Crippen LogP contribution in [0.15, 0.2) is 97.2 Å². The van der Waals surface area contributed by atoms with Gasteiger partial charge >= 0.3 is 0 Å². The number of nitrogens with zero attached hydrogens (tertiary/aromatic N) is 1. The van der Waals surface area contributed by atoms with Crippen molar-refractivity contribution >= 4 is 13.7 Å². The van der Waals surface area contributed by atoms with E-state index in [1.165, 1.54) is 141 Å². The zero-order chi connectivity index (χ0) is 54.9. The molecule has 0 aliphatic heterocycles. The van der Waals surface area contributed by atoms with Crippen LogP contribution in [0.3, 0.4) is 0 Å². The lowest BCUT2D eigenvalue weighted by atomic mass is 10.0. The summed E-state index contributed by atoms with van der Waals surface area (Å²) < 4.78 is 23.5. The molecule has 0 fully saturated rings. The van der Waals surface area contributed by atoms with Gasteiger partial charge in [0, 0.05) is 6.42 Å². The first-order chi connectivity index (χ1) is 36.5. The molecule has 3 atom stereocenters. The van der Waals surface area contributed by atoms with Crippen LogP contribution < -0.4 is 10.2 Å². The molecule has 8 nitrogen and oxygen atoms in total. The third-order valence-electron chi connectivity index (χ3n) is 13.6. The number of likely N-dealkylation sites (N-methyl/N-ethyl adjacent to an activating group) is 1. The van der Waals surface area contributed by atoms with Gasteiger partial charge in [-0.25, -0.2) is 0 Å². The first kappa shape index (κ1) is 72.4. The monoisotopic (exact) mass is 1070 g/mol. The van der Waals surface area contributed by atoms with Gasteiger partial charge in [0.15, 0.2) is 0 Å². The van der Waals surface area contributed by atoms with Crippen LogP contribution in [-0.2, 0) is 18.4 Å². The van der Waals surface area contributed by atoms with Crippen molar-refractivity contribution in [3.8, 4) is 0 Å². The third-order valence-corrected chi connectivity index (χ3v) is 14.6. The predicted octanol–water partition coefficient (Wildman–Crippen LogP) is 18.7. The number of carbonyl (C=O) groups excluding carboxylic acids is 1. The van der Waals surface area contributed by atoms with E-state index < -0.39 is 20.0 Å². The number of carbonyl (C=O) groups is 1. The van der Waals surface area contributed by atoms with E-state index in [1.807, 2.05) is 21.1 Å². The molecule has 0 heterocycles. The maximum Gasteiger partial charge on any atom is 0.268 e. The van der Waals surface area contributed by atoms with Gasteiger partial charge in [0.25, 0.3) is 7.82 Å². The van der Waals surface area contributed by atoms with Gasteiger partial charge in [0.2, 0.25) is 5.91 Å². The molecule has 0 rings (SSSR count). The summed E-state index contributed by atoms with van der Waals surface area (Å²) >= 11 is 0. The van der Waals surface area contributed by atoms with Crippen molar-refractivity contribution in [1.82, 2.24) is 5.32 Å². The molecule has 0 aromatic rings. The van der Waals surface area contributed by atoms with Gasteiger partial charge in [0.1, 0.15) is 13.2 Å². The Morgan fingerprint density at radius 2 is 0.813 bits per heavy atom. The summed E-state index contributed by atoms with van der Waals surface area (Å²) in [6, 6.07) is -0.813. The number of aliphatic hydroxyl groups is 1. The van der Waals surface area contributed by atoms with Crippen LogP contribution in [0, 0.1) is 0 Å². The van der Waals surface area contributed by atoms with Gasteiger partial charge in [-0.05, 0) is 77.0 Å². The first-order valence-electron chi connectivity index (χ1n) is 31.1. The average Bonchev–Trinajstić information content (AvgIpc) is 3.37. The number of unbranched alkanes of at least 4 members (excludes halogenated alkanes) is 27. The maximum absolute atomic E-state index is 13.0. The van der Waals surface area contributed by atoms with Crippen molar-refractivity contribution in [2.45, 2.75) is 276 Å². The van der Waals surface area contributed by atoms with E-state index >= 15 is 0 Å². The number of rotatable bonds is 56. The Morgan fingerprint density at radius 1 is 0.480 bits per heavy atom. The van der Waals surface area contributed by atoms with E-state index in [-0.39, 0.29) is 19.1 Å². The molecular weight excluding hydrogens is 948 g/mol. The second-order valence-corrected chi connectivity index (χ2v) is 23.4. The zero-order valence-corrected chi connectivity index (χ0v) is 50.4. The highest BCUT2D eigenvalue weighted by Gasteiger charge is 2.24. The smallest absolute Gasteiger partial charge is 0.268 e. The minimum Gasteiger partial charge on any atom is -0.756 e. The third kappa shape index (κ3) is 58.9. The molecular formula is C66H119N2O6P. The topological polar surface area (TPSA) is 108 Å². The first-order valence-corrected chi connectivity index (χ1v) is 32.5. The largest absolute Gasteiger partial charge is 0.756 e. The van der Waals surface area contributed by atoms with Crippen LogP contribution >= 0.6 is 7.82 Å². The zero-order valence-electron chi connectivity index (χ0n) is 49.5. The quantitative estimate of drug-likeness (QED) is 0.0272. The Bertz CT molecular complexity index is 1540. The van der Waals surface area contributed by atoms with Gasteiger partial charge in [-0.3, -0.25) is 9.36 Å². The molecule has 9 heteroatoms. The lowest BCUT2D eigenvalue weighted by molar-refractivity contribution is -0.870. The van der Waals surface area contributed by atoms with Crippen LogP contribution in [-0.4, -0.2) is 68.5 Å². The number of quaternary nitrogens is 1. The summed E-state index contributed by atoms with van der Waals surface area (Å²) in [4.78, 5) is 25.6. The van der Waals surface area contributed by atoms with E-state index in [4.69, 9.17) is 9.05 Å². The number of aliphatic hydroxyl groups excluding tert-OH is 1. The van der Waals surface area contributed by atoms with Crippen molar-refractivity contribution in [3.05, 3.63) is 97.2 Å². The number of phosphoric ester groups is 1. The molecule has 3 unspecified atom stereocenters. The minimum atomic E-state index is -4.58. The SMILES string of the molecule is CC/C=C\C/C=C\C/C=C\C/C=C\C/C=C\C/C=C\C/C=C\C/C=C\CCCCCCCCCCC(=O)NC(COP(=O)([O-])OCC[N+](C)(C)C)C(O)CCCCCCCCCCCCCCCCCCCCCC. The molecule has 2 N–H and O–H groups in total. The second kappa shape index (κ2) is 56.2. The Kier molecular flexibility index (Phi) is 54.2. The summed E-state index contributed by atoms with van der Waals surface area (Å²) in [5.41, 5.74) is 0. The van der Waals surface area contributed by atoms with Crippen molar-refractivity contribution in [2.75, 3.05) is 40.9 Å². The number of amides is 1. The molecule has 0 aliphatic carbocycles. The fraction of sp³-hybridized carbons (Fsp3) is 0.742. The predicted molar refractivity (Wildman–Crippen MR) is 325 cm³/mol. The molecule has 1 amide bonds. The molecule has 0 saturated heterocycles. The highest BCUT2D eigenvalue weighted by Crippen LogP contribution is 2.38. The summed E-state index contributed by atoms with van der Waals surface area (Å²) in [6.45, 7) is 4.62. The molecule has 0 radical (unpaired) electrons. The molecule has 0 aromatic carbocycles. The maximum atomic E-state index is 13.0. The van der Waals surface area contributed by atoms with E-state index in [0.717, 1.165) is 96.3 Å². The Balaban J connectivity index is 4.17. The molecule has 434 valence electrons. The van der Waals surface area contributed by atoms with Crippen molar-refractivity contribution in [2.24, 2.45) is 0 Å². The van der Waals surface area contributed by atoms with E-state index in [9.17, 15) is 19.4 Å². The molecule has 0 saturated carbocycles. The van der Waals surface area contributed by atoms with Gasteiger partial charge < -0.3 is 28.8 Å². The lowest BCUT2D eigenvalue weighted by Crippen LogP contribution is -2.46. The molecule has 0 aliphatic rings. The number of hydrogen-bond acceptors (Lipinski definition) is 6. The van der Waals surface area contributed by atoms with Gasteiger partial charge in [-0.15, -0.1) is 0 Å². The number of nitrogens with one attached hydrogen (secondary N) is 1. The van der Waals surface area contributed by atoms with Crippen molar-refractivity contribution < 1.29 is 32.9 Å². The van der Waals surface area contributed by atoms with Crippen LogP contribution in [0.5, 0.6) is 0 Å². The highest BCUT2D eigenvalue weighted by molar-refractivity contribution is 7.45. The summed E-state index contributed by atoms with van der Waals surface area (Å²) in [5, 5.41) is 14.0. The Hall–Kier alpha value is -2.58. The number of hydrogen-bond donors (Lipinski definition) is 2. The summed E-state index contributed by atoms with van der Waals surface area (Å²) in [7, 11) is 1.29. The normalized spacial score (nSPS) is 14.5. The van der Waals surface area contributed by atoms with E-state index in [0.29, 0.717) is 23.9 Å². The minimum absolute atomic E-state index is 0.00629. The molecule has 0 spiro atoms. The van der Waals surface area contributed by atoms with Crippen LogP contribution in [0.1, 0.15) is 264 Å². The van der Waals surface area contributed by atoms with Gasteiger partial charge in [-0.1, -0.05) is 278 Å². The molecule has 75 heavy (non-hydrogen) atoms. The average molecular weight is 1070 g/mol. The lowest BCUT2D eigenvalue weighted by Gasteiger charge is -2.30. The van der Waals surface area contributed by atoms with Crippen LogP contribution in [0.4, 0.5) is 0 Å². The fourth-order valence-electron chi connectivity index (χ4n) is 8.76. The van der Waals surface area contributed by atoms with Crippen LogP contribution in [0.2, 0.25) is 0 Å². The highest BCUT2D eigenvalue weighted by atomic mass is 31.2. The standard InChI is InChI=1S/C66H119N2O6P/c1-6-8-10-12-14-16-18-20-22-24-26-28-29-30-31-32-33-34-35-36-37-38-39-40-42-44-46-48-50-52-54-56-58-60-66(70)67-64(63-74-75(71,72)73-62-61-68(3,4)5)65(69)59-57-55-53-51-49-47-45-43-41-27-25-23-21-19-17-15-13-11-9-7-2/h8,10,14,16,20,22,26,28,30-31,33-34,36-37,39-40,64-65,69H,6-7,9,11-13,15,17-19,21,23-25,27,29,32,35,38,41-63H2,1-5H3,(H-,67,70,71,72)/b10-8-,16-14-,22-20-,28-26-,31-30-,34-33-,37-36-,40-39-. The van der Waals surface area contributed by atoms with E-state index in [2.05, 4.69) is 116 Å². The number of phosphoric acid groups is 1. The summed E-state index contributed by atoms with van der Waals surface area (Å²) in [5.74, 6) is -0.175. The van der Waals surface area contributed by atoms with Crippen molar-refractivity contribution in [3.63, 3.8) is 0 Å². The molecule has 0 aromatic heterocycles. The van der Waals surface area contributed by atoms with Gasteiger partial charge in [-0.2, -0.15) is 0 Å². The number of allylic oxidation sites excluding steroid dienone is 16. The fourth-order valence-corrected chi connectivity index (χ4v) is 9.49. The summed E-state index contributed by atoms with van der Waals surface area (Å²) in [6.07, 6.45) is 80.1. The Morgan fingerprint density at radius 3 is 1.19 bits per heavy atom. The van der Waals surface area contributed by atoms with Gasteiger partial charge in [0.05, 0.1) is 39.9 Å². The molecule has 0 bridgehead atoms. The second-order valence-electron chi connectivity index (χ2n) is 22.0.